The van der Waals surface area contributed by atoms with E-state index in [4.69, 9.17) is 9.94 Å². The quantitative estimate of drug-likeness (QED) is 0.386. The maximum Gasteiger partial charge on any atom is 0.271 e. The molecule has 1 aromatic carbocycles. The molecule has 2 aliphatic rings. The molecule has 11 heteroatoms. The Morgan fingerprint density at radius 3 is 2.31 bits per heavy atom. The van der Waals surface area contributed by atoms with Crippen LogP contribution >= 0.6 is 0 Å². The third-order valence-corrected chi connectivity index (χ3v) is 9.47. The predicted octanol–water partition coefficient (Wildman–Crippen LogP) is 2.28. The van der Waals surface area contributed by atoms with Crippen molar-refractivity contribution in [2.24, 2.45) is 5.92 Å². The van der Waals surface area contributed by atoms with Crippen LogP contribution in [0.2, 0.25) is 0 Å². The number of sulfone groups is 1. The van der Waals surface area contributed by atoms with Crippen molar-refractivity contribution in [3.05, 3.63) is 42.4 Å². The van der Waals surface area contributed by atoms with Crippen molar-refractivity contribution < 1.29 is 28.0 Å². The van der Waals surface area contributed by atoms with Crippen molar-refractivity contribution >= 4 is 21.7 Å². The zero-order chi connectivity index (χ0) is 24.9. The maximum atomic E-state index is 13.4. The van der Waals surface area contributed by atoms with E-state index in [-0.39, 0.29) is 42.6 Å². The van der Waals surface area contributed by atoms with Crippen LogP contribution in [-0.4, -0.2) is 59.9 Å². The van der Waals surface area contributed by atoms with Crippen LogP contribution in [-0.2, 0) is 19.4 Å². The van der Waals surface area contributed by atoms with E-state index in [0.717, 1.165) is 12.8 Å². The van der Waals surface area contributed by atoms with Crippen LogP contribution in [0.25, 0.3) is 11.3 Å². The van der Waals surface area contributed by atoms with Crippen LogP contribution in [0.1, 0.15) is 55.4 Å². The van der Waals surface area contributed by atoms with E-state index in [1.807, 2.05) is 0 Å². The van der Waals surface area contributed by atoms with E-state index in [9.17, 15) is 18.0 Å². The van der Waals surface area contributed by atoms with Gasteiger partial charge in [-0.2, -0.15) is 0 Å². The lowest BCUT2D eigenvalue weighted by molar-refractivity contribution is -0.134. The molecule has 0 bridgehead atoms. The Balaban J connectivity index is 1.46. The summed E-state index contributed by atoms with van der Waals surface area (Å²) in [6.07, 6.45) is 8.71. The van der Waals surface area contributed by atoms with Crippen molar-refractivity contribution in [2.45, 2.75) is 54.6 Å². The summed E-state index contributed by atoms with van der Waals surface area (Å²) in [5, 5.41) is 12.1. The average molecular weight is 503 g/mol. The van der Waals surface area contributed by atoms with Gasteiger partial charge in [-0.3, -0.25) is 19.8 Å². The fourth-order valence-corrected chi connectivity index (χ4v) is 6.70. The molecular formula is C24H30N4O6S. The molecule has 2 fully saturated rings. The Morgan fingerprint density at radius 2 is 1.71 bits per heavy atom. The number of carbonyl (C=O) groups excluding carboxylic acids is 2. The molecule has 2 aromatic rings. The molecule has 0 spiro atoms. The van der Waals surface area contributed by atoms with Crippen LogP contribution in [0, 0.1) is 5.92 Å². The second-order valence-corrected chi connectivity index (χ2v) is 11.3. The molecule has 1 aromatic heterocycles. The van der Waals surface area contributed by atoms with Crippen molar-refractivity contribution in [2.75, 3.05) is 19.8 Å². The largest absolute Gasteiger partial charge is 0.381 e. The van der Waals surface area contributed by atoms with Crippen LogP contribution in [0.15, 0.2) is 41.6 Å². The van der Waals surface area contributed by atoms with Crippen LogP contribution < -0.4 is 10.8 Å². The molecule has 0 atom stereocenters. The fourth-order valence-electron chi connectivity index (χ4n) is 4.76. The number of amides is 2. The number of ether oxygens (including phenoxy) is 1. The zero-order valence-electron chi connectivity index (χ0n) is 19.4. The van der Waals surface area contributed by atoms with Crippen molar-refractivity contribution in [1.29, 1.82) is 0 Å². The number of aromatic nitrogens is 2. The average Bonchev–Trinajstić information content (AvgIpc) is 2.92. The van der Waals surface area contributed by atoms with E-state index in [0.29, 0.717) is 23.7 Å². The van der Waals surface area contributed by atoms with Gasteiger partial charge in [-0.15, -0.1) is 0 Å². The lowest BCUT2D eigenvalue weighted by atomic mass is 9.89. The number of carbonyl (C=O) groups is 2. The third-order valence-electron chi connectivity index (χ3n) is 6.95. The van der Waals surface area contributed by atoms with Gasteiger partial charge >= 0.3 is 0 Å². The van der Waals surface area contributed by atoms with E-state index in [2.05, 4.69) is 15.3 Å². The summed E-state index contributed by atoms with van der Waals surface area (Å²) < 4.78 is 30.1. The Hall–Kier alpha value is -2.89. The van der Waals surface area contributed by atoms with Crippen molar-refractivity contribution in [3.8, 4) is 11.3 Å². The molecule has 2 heterocycles. The van der Waals surface area contributed by atoms with Gasteiger partial charge in [0.1, 0.15) is 5.69 Å². The second-order valence-electron chi connectivity index (χ2n) is 9.08. The first kappa shape index (κ1) is 25.2. The molecule has 0 radical (unpaired) electrons. The highest BCUT2D eigenvalue weighted by atomic mass is 32.2. The minimum absolute atomic E-state index is 0.0431. The Bertz CT molecular complexity index is 1140. The van der Waals surface area contributed by atoms with Gasteiger partial charge in [-0.05, 0) is 43.7 Å². The molecule has 1 saturated heterocycles. The molecule has 4 rings (SSSR count). The summed E-state index contributed by atoms with van der Waals surface area (Å²) in [4.78, 5) is 33.3. The van der Waals surface area contributed by atoms with Crippen LogP contribution in [0.3, 0.4) is 0 Å². The highest BCUT2D eigenvalue weighted by Crippen LogP contribution is 2.36. The summed E-state index contributed by atoms with van der Waals surface area (Å²) in [5.74, 6) is -0.716. The summed E-state index contributed by atoms with van der Waals surface area (Å²) in [6.45, 7) is 0.835. The third kappa shape index (κ3) is 5.21. The maximum absolute atomic E-state index is 13.4. The summed E-state index contributed by atoms with van der Waals surface area (Å²) in [7, 11) is -4.11. The summed E-state index contributed by atoms with van der Waals surface area (Å²) in [5.41, 5.74) is 2.82. The molecule has 1 aliphatic carbocycles. The Labute approximate surface area is 204 Å². The molecule has 188 valence electrons. The molecule has 1 aliphatic heterocycles. The van der Waals surface area contributed by atoms with E-state index in [1.54, 1.807) is 12.1 Å². The number of rotatable bonds is 7. The number of hydrogen-bond acceptors (Lipinski definition) is 8. The highest BCUT2D eigenvalue weighted by molar-refractivity contribution is 7.93. The SMILES string of the molecule is O=C(NCC1CCCCC1)c1cnc(-c2ccc(S(=O)(=O)C3(C(=O)NO)CCOCC3)cc2)cn1. The molecule has 10 nitrogen and oxygen atoms in total. The first-order valence-electron chi connectivity index (χ1n) is 11.8. The van der Waals surface area contributed by atoms with Crippen LogP contribution in [0.5, 0.6) is 0 Å². The van der Waals surface area contributed by atoms with Crippen molar-refractivity contribution in [1.82, 2.24) is 20.8 Å². The normalized spacial score (nSPS) is 18.5. The Morgan fingerprint density at radius 1 is 1.03 bits per heavy atom. The van der Waals surface area contributed by atoms with Gasteiger partial charge in [0.25, 0.3) is 11.8 Å². The summed E-state index contributed by atoms with van der Waals surface area (Å²) in [6, 6.07) is 5.95. The van der Waals surface area contributed by atoms with Gasteiger partial charge in [-0.25, -0.2) is 18.9 Å². The Kier molecular flexibility index (Phi) is 7.78. The number of hydrogen-bond donors (Lipinski definition) is 3. The van der Waals surface area contributed by atoms with Crippen LogP contribution in [0.4, 0.5) is 0 Å². The molecule has 2 amide bonds. The number of benzene rings is 1. The topological polar surface area (TPSA) is 148 Å². The molecule has 35 heavy (non-hydrogen) atoms. The van der Waals surface area contributed by atoms with Gasteiger partial charge in [-0.1, -0.05) is 31.4 Å². The molecule has 0 unspecified atom stereocenters. The second kappa shape index (κ2) is 10.8. The van der Waals surface area contributed by atoms with Crippen molar-refractivity contribution in [3.63, 3.8) is 0 Å². The number of nitrogens with zero attached hydrogens (tertiary/aromatic N) is 2. The summed E-state index contributed by atoms with van der Waals surface area (Å²) >= 11 is 0. The van der Waals surface area contributed by atoms with Gasteiger partial charge in [0.05, 0.1) is 23.0 Å². The van der Waals surface area contributed by atoms with Gasteiger partial charge in [0.15, 0.2) is 14.6 Å². The fraction of sp³-hybridized carbons (Fsp3) is 0.500. The van der Waals surface area contributed by atoms with Gasteiger partial charge < -0.3 is 10.1 Å². The lowest BCUT2D eigenvalue weighted by Gasteiger charge is -2.34. The standard InChI is InChI=1S/C24H30N4O6S/c29-22(27-14-17-4-2-1-3-5-17)21-16-25-20(15-26-21)18-6-8-19(9-7-18)35(32,33)24(23(30)28-31)10-12-34-13-11-24/h6-9,15-17,31H,1-5,10-14H2,(H,27,29)(H,28,30). The zero-order valence-corrected chi connectivity index (χ0v) is 20.2. The van der Waals surface area contributed by atoms with E-state index < -0.39 is 20.5 Å². The molecule has 3 N–H and O–H groups in total. The lowest BCUT2D eigenvalue weighted by Crippen LogP contribution is -2.54. The predicted molar refractivity (Wildman–Crippen MR) is 126 cm³/mol. The molecule has 1 saturated carbocycles. The minimum atomic E-state index is -4.11. The van der Waals surface area contributed by atoms with E-state index in [1.165, 1.54) is 49.3 Å². The molecular weight excluding hydrogens is 472 g/mol. The smallest absolute Gasteiger partial charge is 0.271 e. The van der Waals surface area contributed by atoms with Gasteiger partial charge in [0, 0.05) is 25.3 Å². The minimum Gasteiger partial charge on any atom is -0.381 e. The first-order chi connectivity index (χ1) is 16.9. The van der Waals surface area contributed by atoms with Gasteiger partial charge in [0.2, 0.25) is 0 Å². The highest BCUT2D eigenvalue weighted by Gasteiger charge is 2.52. The van der Waals surface area contributed by atoms with E-state index >= 15 is 0 Å². The monoisotopic (exact) mass is 502 g/mol. The number of nitrogens with one attached hydrogen (secondary N) is 2. The first-order valence-corrected chi connectivity index (χ1v) is 13.3. The number of hydroxylamine groups is 1.